The second kappa shape index (κ2) is 4.57. The number of nitrogens with zero attached hydrogens (tertiary/aromatic N) is 1. The third-order valence-electron chi connectivity index (χ3n) is 2.78. The van der Waals surface area contributed by atoms with Crippen LogP contribution in [0.25, 0.3) is 10.9 Å². The van der Waals surface area contributed by atoms with Gasteiger partial charge in [-0.15, -0.1) is 0 Å². The number of aromatic nitrogens is 1. The fourth-order valence-corrected chi connectivity index (χ4v) is 1.93. The number of para-hydroxylation sites is 1. The summed E-state index contributed by atoms with van der Waals surface area (Å²) in [6.07, 6.45) is 2.00. The van der Waals surface area contributed by atoms with Crippen LogP contribution in [0.2, 0.25) is 0 Å². The van der Waals surface area contributed by atoms with E-state index < -0.39 is 12.0 Å². The molecule has 0 unspecified atom stereocenters. The van der Waals surface area contributed by atoms with Gasteiger partial charge in [-0.3, -0.25) is 4.79 Å². The fraction of sp³-hybridized carbons (Fsp3) is 0.250. The van der Waals surface area contributed by atoms with Crippen molar-refractivity contribution in [1.29, 1.82) is 0 Å². The van der Waals surface area contributed by atoms with Gasteiger partial charge in [0.25, 0.3) is 0 Å². The number of aliphatic hydroxyl groups is 1. The van der Waals surface area contributed by atoms with Crippen LogP contribution in [-0.4, -0.2) is 26.8 Å². The molecule has 1 aromatic carbocycles. The molecule has 0 aliphatic carbocycles. The molecule has 0 radical (unpaired) electrons. The number of carboxylic acid groups (broad SMARTS) is 1. The maximum atomic E-state index is 10.7. The number of aliphatic hydroxyl groups excluding tert-OH is 1. The van der Waals surface area contributed by atoms with Crippen molar-refractivity contribution in [3.63, 3.8) is 0 Å². The molecule has 1 aromatic heterocycles. The van der Waals surface area contributed by atoms with Crippen molar-refractivity contribution in [3.05, 3.63) is 36.0 Å². The Bertz CT molecular complexity index is 548. The molecular formula is C12H14N2O3. The van der Waals surface area contributed by atoms with Crippen LogP contribution in [0.1, 0.15) is 5.56 Å². The zero-order chi connectivity index (χ0) is 12.4. The highest BCUT2D eigenvalue weighted by atomic mass is 16.4. The van der Waals surface area contributed by atoms with Gasteiger partial charge in [-0.05, 0) is 11.6 Å². The lowest BCUT2D eigenvalue weighted by atomic mass is 10.1. The molecule has 17 heavy (non-hydrogen) atoms. The zero-order valence-electron chi connectivity index (χ0n) is 9.21. The molecule has 0 spiro atoms. The summed E-state index contributed by atoms with van der Waals surface area (Å²) in [5.74, 6) is -1.02. The molecule has 90 valence electrons. The summed E-state index contributed by atoms with van der Waals surface area (Å²) in [6, 6.07) is 6.59. The van der Waals surface area contributed by atoms with E-state index in [1.165, 1.54) is 0 Å². The molecule has 0 fully saturated rings. The number of hydrogen-bond acceptors (Lipinski definition) is 3. The molecular weight excluding hydrogens is 220 g/mol. The van der Waals surface area contributed by atoms with E-state index in [2.05, 4.69) is 0 Å². The van der Waals surface area contributed by atoms with E-state index in [0.717, 1.165) is 16.5 Å². The van der Waals surface area contributed by atoms with Crippen LogP contribution in [0.3, 0.4) is 0 Å². The van der Waals surface area contributed by atoms with Crippen LogP contribution in [-0.2, 0) is 17.9 Å². The Labute approximate surface area is 98.1 Å². The zero-order valence-corrected chi connectivity index (χ0v) is 9.21. The Hall–Kier alpha value is -1.85. The second-order valence-corrected chi connectivity index (χ2v) is 3.93. The van der Waals surface area contributed by atoms with Gasteiger partial charge in [0, 0.05) is 18.0 Å². The first kappa shape index (κ1) is 11.6. The summed E-state index contributed by atoms with van der Waals surface area (Å²) in [5.41, 5.74) is 7.23. The maximum Gasteiger partial charge on any atom is 0.320 e. The molecule has 1 heterocycles. The average molecular weight is 234 g/mol. The molecule has 2 aromatic rings. The molecule has 0 aliphatic rings. The number of aliphatic carboxylic acids is 1. The lowest BCUT2D eigenvalue weighted by Crippen LogP contribution is -2.32. The minimum absolute atomic E-state index is 0.136. The molecule has 2 rings (SSSR count). The van der Waals surface area contributed by atoms with E-state index in [9.17, 15) is 9.90 Å². The van der Waals surface area contributed by atoms with Gasteiger partial charge in [-0.2, -0.15) is 0 Å². The van der Waals surface area contributed by atoms with E-state index in [0.29, 0.717) is 0 Å². The standard InChI is InChI=1S/C12H14N2O3/c13-10(12(16)17)5-8-6-14(7-15)11-4-2-1-3-9(8)11/h1-4,6,10,15H,5,7,13H2,(H,16,17)/t10-/m0/s1. The number of fused-ring (bicyclic) bond motifs is 1. The highest BCUT2D eigenvalue weighted by Gasteiger charge is 2.15. The quantitative estimate of drug-likeness (QED) is 0.720. The molecule has 1 atom stereocenters. The minimum Gasteiger partial charge on any atom is -0.480 e. The fourth-order valence-electron chi connectivity index (χ4n) is 1.93. The Balaban J connectivity index is 2.44. The number of benzene rings is 1. The van der Waals surface area contributed by atoms with Gasteiger partial charge < -0.3 is 20.5 Å². The molecule has 0 bridgehead atoms. The number of rotatable bonds is 4. The Morgan fingerprint density at radius 2 is 2.12 bits per heavy atom. The Kier molecular flexibility index (Phi) is 3.12. The largest absolute Gasteiger partial charge is 0.480 e. The molecule has 4 N–H and O–H groups in total. The van der Waals surface area contributed by atoms with Crippen molar-refractivity contribution in [2.45, 2.75) is 19.2 Å². The topological polar surface area (TPSA) is 88.5 Å². The van der Waals surface area contributed by atoms with Crippen molar-refractivity contribution in [1.82, 2.24) is 4.57 Å². The molecule has 0 saturated carbocycles. The number of carboxylic acids is 1. The Morgan fingerprint density at radius 1 is 1.41 bits per heavy atom. The van der Waals surface area contributed by atoms with E-state index in [1.54, 1.807) is 10.8 Å². The summed E-state index contributed by atoms with van der Waals surface area (Å²) in [4.78, 5) is 10.7. The van der Waals surface area contributed by atoms with E-state index >= 15 is 0 Å². The van der Waals surface area contributed by atoms with E-state index in [-0.39, 0.29) is 13.2 Å². The summed E-state index contributed by atoms with van der Waals surface area (Å²) in [6.45, 7) is -0.136. The monoisotopic (exact) mass is 234 g/mol. The predicted octanol–water partition coefficient (Wildman–Crippen LogP) is 0.546. The summed E-state index contributed by atoms with van der Waals surface area (Å²) in [5, 5.41) is 18.9. The lowest BCUT2D eigenvalue weighted by Gasteiger charge is -2.04. The molecule has 0 saturated heterocycles. The number of hydrogen-bond donors (Lipinski definition) is 3. The van der Waals surface area contributed by atoms with Gasteiger partial charge in [-0.25, -0.2) is 0 Å². The van der Waals surface area contributed by atoms with Gasteiger partial charge in [0.1, 0.15) is 12.8 Å². The number of nitrogens with two attached hydrogens (primary N) is 1. The van der Waals surface area contributed by atoms with Crippen LogP contribution in [0.5, 0.6) is 0 Å². The smallest absolute Gasteiger partial charge is 0.320 e. The van der Waals surface area contributed by atoms with Gasteiger partial charge in [-0.1, -0.05) is 18.2 Å². The SMILES string of the molecule is N[C@@H](Cc1cn(CO)c2ccccc12)C(=O)O. The summed E-state index contributed by atoms with van der Waals surface area (Å²) < 4.78 is 1.67. The van der Waals surface area contributed by atoms with Gasteiger partial charge in [0.2, 0.25) is 0 Å². The highest BCUT2D eigenvalue weighted by Crippen LogP contribution is 2.22. The number of carbonyl (C=O) groups is 1. The van der Waals surface area contributed by atoms with Crippen LogP contribution >= 0.6 is 0 Å². The van der Waals surface area contributed by atoms with Crippen molar-refractivity contribution in [3.8, 4) is 0 Å². The van der Waals surface area contributed by atoms with Crippen molar-refractivity contribution >= 4 is 16.9 Å². The maximum absolute atomic E-state index is 10.7. The predicted molar refractivity (Wildman–Crippen MR) is 63.5 cm³/mol. The highest BCUT2D eigenvalue weighted by molar-refractivity contribution is 5.85. The third-order valence-corrected chi connectivity index (χ3v) is 2.78. The normalized spacial score (nSPS) is 12.8. The van der Waals surface area contributed by atoms with Crippen molar-refractivity contribution < 1.29 is 15.0 Å². The van der Waals surface area contributed by atoms with E-state index in [1.807, 2.05) is 24.3 Å². The Morgan fingerprint density at radius 3 is 2.76 bits per heavy atom. The van der Waals surface area contributed by atoms with Gasteiger partial charge in [0.05, 0.1) is 5.52 Å². The van der Waals surface area contributed by atoms with Crippen LogP contribution in [0.4, 0.5) is 0 Å². The molecule has 5 nitrogen and oxygen atoms in total. The summed E-state index contributed by atoms with van der Waals surface area (Å²) in [7, 11) is 0. The second-order valence-electron chi connectivity index (χ2n) is 3.93. The first-order valence-electron chi connectivity index (χ1n) is 5.29. The average Bonchev–Trinajstić information content (AvgIpc) is 2.68. The van der Waals surface area contributed by atoms with Crippen LogP contribution < -0.4 is 5.73 Å². The molecule has 0 amide bonds. The lowest BCUT2D eigenvalue weighted by molar-refractivity contribution is -0.138. The minimum atomic E-state index is -1.02. The van der Waals surface area contributed by atoms with Crippen LogP contribution in [0, 0.1) is 0 Å². The van der Waals surface area contributed by atoms with Gasteiger partial charge in [0.15, 0.2) is 0 Å². The summed E-state index contributed by atoms with van der Waals surface area (Å²) >= 11 is 0. The first-order valence-corrected chi connectivity index (χ1v) is 5.29. The van der Waals surface area contributed by atoms with Crippen LogP contribution in [0.15, 0.2) is 30.5 Å². The van der Waals surface area contributed by atoms with Gasteiger partial charge >= 0.3 is 5.97 Å². The molecule has 0 aliphatic heterocycles. The third kappa shape index (κ3) is 2.15. The molecule has 5 heteroatoms. The van der Waals surface area contributed by atoms with Crippen molar-refractivity contribution in [2.24, 2.45) is 5.73 Å². The van der Waals surface area contributed by atoms with Crippen molar-refractivity contribution in [2.75, 3.05) is 0 Å². The first-order chi connectivity index (χ1) is 8.13. The van der Waals surface area contributed by atoms with E-state index in [4.69, 9.17) is 10.8 Å².